The Morgan fingerprint density at radius 3 is 1.91 bits per heavy atom. The Bertz CT molecular complexity index is 1400. The summed E-state index contributed by atoms with van der Waals surface area (Å²) in [6, 6.07) is 0. The molecule has 6 aliphatic rings. The van der Waals surface area contributed by atoms with E-state index in [2.05, 4.69) is 47.6 Å². The second-order valence-electron chi connectivity index (χ2n) is 20.2. The van der Waals surface area contributed by atoms with E-state index in [1.165, 1.54) is 5.57 Å². The molecule has 0 radical (unpaired) electrons. The summed E-state index contributed by atoms with van der Waals surface area (Å²) in [6.07, 6.45) is -7.19. The van der Waals surface area contributed by atoms with Crippen molar-refractivity contribution in [2.24, 2.45) is 45.3 Å². The van der Waals surface area contributed by atoms with Gasteiger partial charge in [-0.15, -0.1) is 0 Å². The Kier molecular flexibility index (Phi) is 12.7. The van der Waals surface area contributed by atoms with Gasteiger partial charge in [-0.3, -0.25) is 0 Å². The molecular formula is C42H72O14. The summed E-state index contributed by atoms with van der Waals surface area (Å²) in [5, 5.41) is 106. The molecule has 14 nitrogen and oxygen atoms in total. The van der Waals surface area contributed by atoms with Gasteiger partial charge in [0.1, 0.15) is 48.8 Å². The first-order valence-electron chi connectivity index (χ1n) is 21.0. The van der Waals surface area contributed by atoms with E-state index < -0.39 is 103 Å². The Morgan fingerprint density at radius 1 is 0.768 bits per heavy atom. The van der Waals surface area contributed by atoms with E-state index in [1.54, 1.807) is 13.8 Å². The van der Waals surface area contributed by atoms with Crippen LogP contribution in [0.3, 0.4) is 0 Å². The minimum absolute atomic E-state index is 0.0712. The highest BCUT2D eigenvalue weighted by atomic mass is 16.7. The zero-order valence-electron chi connectivity index (χ0n) is 34.6. The van der Waals surface area contributed by atoms with Gasteiger partial charge in [0.2, 0.25) is 0 Å². The third-order valence-corrected chi connectivity index (χ3v) is 16.6. The van der Waals surface area contributed by atoms with Crippen LogP contribution in [0, 0.1) is 45.3 Å². The number of hydrogen-bond donors (Lipinski definition) is 10. The highest BCUT2D eigenvalue weighted by molar-refractivity contribution is 5.32. The molecule has 0 aromatic carbocycles. The van der Waals surface area contributed by atoms with Gasteiger partial charge in [0.15, 0.2) is 12.6 Å². The minimum Gasteiger partial charge on any atom is -0.394 e. The van der Waals surface area contributed by atoms with Gasteiger partial charge in [-0.1, -0.05) is 53.2 Å². The monoisotopic (exact) mass is 800 g/mol. The van der Waals surface area contributed by atoms with Gasteiger partial charge in [0.05, 0.1) is 37.1 Å². The molecule has 14 heteroatoms. The van der Waals surface area contributed by atoms with Crippen LogP contribution in [-0.4, -0.2) is 150 Å². The summed E-state index contributed by atoms with van der Waals surface area (Å²) in [6.45, 7) is 15.7. The quantitative estimate of drug-likeness (QED) is 0.132. The van der Waals surface area contributed by atoms with E-state index in [9.17, 15) is 51.1 Å². The second-order valence-corrected chi connectivity index (χ2v) is 20.2. The lowest BCUT2D eigenvalue weighted by Crippen LogP contribution is -2.65. The maximum absolute atomic E-state index is 12.5. The summed E-state index contributed by atoms with van der Waals surface area (Å²) >= 11 is 0. The summed E-state index contributed by atoms with van der Waals surface area (Å²) < 4.78 is 23.9. The van der Waals surface area contributed by atoms with Crippen LogP contribution in [0.5, 0.6) is 0 Å². The predicted octanol–water partition coefficient (Wildman–Crippen LogP) is 1.12. The number of rotatable bonds is 11. The number of fused-ring (bicyclic) bond motifs is 5. The number of ether oxygens (including phenoxy) is 4. The van der Waals surface area contributed by atoms with Crippen molar-refractivity contribution in [3.63, 3.8) is 0 Å². The molecule has 3 saturated carbocycles. The largest absolute Gasteiger partial charge is 0.394 e. The Morgan fingerprint density at radius 2 is 1.34 bits per heavy atom. The van der Waals surface area contributed by atoms with Crippen LogP contribution in [0.1, 0.15) is 107 Å². The molecule has 20 atom stereocenters. The van der Waals surface area contributed by atoms with Crippen LogP contribution in [0.25, 0.3) is 0 Å². The van der Waals surface area contributed by atoms with Crippen LogP contribution in [0.15, 0.2) is 11.6 Å². The molecule has 2 heterocycles. The van der Waals surface area contributed by atoms with E-state index in [-0.39, 0.29) is 40.6 Å². The van der Waals surface area contributed by atoms with E-state index in [4.69, 9.17) is 18.9 Å². The average Bonchev–Trinajstić information content (AvgIpc) is 3.40. The zero-order chi connectivity index (χ0) is 41.5. The highest BCUT2D eigenvalue weighted by Gasteiger charge is 2.70. The van der Waals surface area contributed by atoms with Crippen LogP contribution in [-0.2, 0) is 18.9 Å². The second kappa shape index (κ2) is 15.9. The van der Waals surface area contributed by atoms with E-state index in [1.807, 2.05) is 0 Å². The number of hydrogen-bond acceptors (Lipinski definition) is 14. The standard InChI is InChI=1S/C42H72O14/c1-20(9-13-29(39(4,5)52)56-37-35(51)33(49)31(47)25(19-44)54-37)21-15-16-40(6)26-12-10-22-23(42(26,8)27(45)17-41(21,40)7)11-14-28(38(22,2)3)55-36-34(50)32(48)30(46)24(18-43)53-36/h10,20-21,23-37,43-52H,9,11-19H2,1-8H3/t20-,21?,23?,24-,25-,26?,27-,28+,29-,30-,31-,32+,33+,34-,35-,36+,37+,40+,41-,42+/m1/s1. The Hall–Kier alpha value is -0.820. The van der Waals surface area contributed by atoms with Crippen molar-refractivity contribution < 1.29 is 70.0 Å². The summed E-state index contributed by atoms with van der Waals surface area (Å²) in [5.41, 5.74) is -1.23. The van der Waals surface area contributed by atoms with Gasteiger partial charge in [-0.2, -0.15) is 0 Å². The molecule has 6 rings (SSSR count). The lowest BCUT2D eigenvalue weighted by molar-refractivity contribution is -0.322. The van der Waals surface area contributed by atoms with Crippen molar-refractivity contribution in [1.29, 1.82) is 0 Å². The van der Waals surface area contributed by atoms with Gasteiger partial charge < -0.3 is 70.0 Å². The van der Waals surface area contributed by atoms with Crippen molar-refractivity contribution in [2.45, 2.75) is 192 Å². The van der Waals surface area contributed by atoms with Gasteiger partial charge in [0.25, 0.3) is 0 Å². The third-order valence-electron chi connectivity index (χ3n) is 16.6. The van der Waals surface area contributed by atoms with Gasteiger partial charge >= 0.3 is 0 Å². The van der Waals surface area contributed by atoms with Gasteiger partial charge in [-0.05, 0) is 99.7 Å². The molecule has 0 spiro atoms. The maximum atomic E-state index is 12.5. The first-order valence-corrected chi connectivity index (χ1v) is 21.0. The topological polar surface area (TPSA) is 239 Å². The van der Waals surface area contributed by atoms with Crippen LogP contribution >= 0.6 is 0 Å². The SMILES string of the molecule is C[C@H](CC[C@@H](O[C@@H]1O[C@H](CO)[C@@H](O)[C@H](O)[C@H]1O)C(C)(C)O)C1CC[C@@]2(C)C3CC=C4C(CC[C@H](O[C@@H]5O[C@H](CO)[C@@H](O)[C@H](O)[C@H]5O)C4(C)C)[C@]3(C)[C@H](O)C[C@]12C. The molecule has 2 aliphatic heterocycles. The minimum atomic E-state index is -1.58. The lowest BCUT2D eigenvalue weighted by Gasteiger charge is -2.67. The Labute approximate surface area is 331 Å². The smallest absolute Gasteiger partial charge is 0.187 e. The summed E-state index contributed by atoms with van der Waals surface area (Å²) in [4.78, 5) is 0. The fraction of sp³-hybridized carbons (Fsp3) is 0.952. The highest BCUT2D eigenvalue weighted by Crippen LogP contribution is 2.75. The van der Waals surface area contributed by atoms with Gasteiger partial charge in [-0.25, -0.2) is 0 Å². The molecule has 0 aromatic rings. The van der Waals surface area contributed by atoms with E-state index >= 15 is 0 Å². The maximum Gasteiger partial charge on any atom is 0.187 e. The van der Waals surface area contributed by atoms with E-state index in [0.29, 0.717) is 25.7 Å². The van der Waals surface area contributed by atoms with Crippen molar-refractivity contribution in [3.8, 4) is 0 Å². The molecule has 10 N–H and O–H groups in total. The molecule has 0 aromatic heterocycles. The molecule has 2 saturated heterocycles. The number of allylic oxidation sites excluding steroid dienone is 1. The van der Waals surface area contributed by atoms with Crippen molar-refractivity contribution in [2.75, 3.05) is 13.2 Å². The average molecular weight is 801 g/mol. The predicted molar refractivity (Wildman–Crippen MR) is 202 cm³/mol. The molecule has 5 fully saturated rings. The number of aliphatic hydroxyl groups is 10. The summed E-state index contributed by atoms with van der Waals surface area (Å²) in [5.74, 6) is 0.800. The number of aliphatic hydroxyl groups excluding tert-OH is 9. The van der Waals surface area contributed by atoms with Crippen molar-refractivity contribution >= 4 is 0 Å². The van der Waals surface area contributed by atoms with Gasteiger partial charge in [0, 0.05) is 10.8 Å². The summed E-state index contributed by atoms with van der Waals surface area (Å²) in [7, 11) is 0. The van der Waals surface area contributed by atoms with Crippen molar-refractivity contribution in [1.82, 2.24) is 0 Å². The zero-order valence-corrected chi connectivity index (χ0v) is 34.6. The fourth-order valence-corrected chi connectivity index (χ4v) is 12.8. The van der Waals surface area contributed by atoms with Crippen molar-refractivity contribution in [3.05, 3.63) is 11.6 Å². The molecule has 3 unspecified atom stereocenters. The first kappa shape index (κ1) is 44.7. The molecule has 0 amide bonds. The van der Waals surface area contributed by atoms with E-state index in [0.717, 1.165) is 25.7 Å². The molecule has 56 heavy (non-hydrogen) atoms. The molecular weight excluding hydrogens is 728 g/mol. The normalized spacial score (nSPS) is 50.3. The van der Waals surface area contributed by atoms with Crippen LogP contribution in [0.4, 0.5) is 0 Å². The fourth-order valence-electron chi connectivity index (χ4n) is 12.8. The third kappa shape index (κ3) is 7.16. The lowest BCUT2D eigenvalue weighted by atomic mass is 9.38. The van der Waals surface area contributed by atoms with Crippen LogP contribution in [0.2, 0.25) is 0 Å². The molecule has 0 bridgehead atoms. The first-order chi connectivity index (χ1) is 26.0. The molecule has 324 valence electrons. The molecule has 4 aliphatic carbocycles. The van der Waals surface area contributed by atoms with Crippen LogP contribution < -0.4 is 0 Å². The Balaban J connectivity index is 1.17.